The van der Waals surface area contributed by atoms with Crippen molar-refractivity contribution in [2.45, 2.75) is 19.8 Å². The lowest BCUT2D eigenvalue weighted by Gasteiger charge is -2.31. The van der Waals surface area contributed by atoms with Crippen LogP contribution in [0.2, 0.25) is 0 Å². The molecule has 1 aliphatic heterocycles. The van der Waals surface area contributed by atoms with Crippen LogP contribution in [0.25, 0.3) is 0 Å². The first-order valence-corrected chi connectivity index (χ1v) is 6.72. The number of carbonyl (C=O) groups excluding carboxylic acids is 2. The fourth-order valence-electron chi connectivity index (χ4n) is 2.40. The second-order valence-corrected chi connectivity index (χ2v) is 5.10. The van der Waals surface area contributed by atoms with E-state index >= 15 is 0 Å². The molecule has 0 saturated carbocycles. The molecule has 0 atom stereocenters. The Kier molecular flexibility index (Phi) is 6.17. The maximum Gasteiger partial charge on any atom is 0.253 e. The third kappa shape index (κ3) is 3.81. The number of hydrogen-bond donors (Lipinski definition) is 1. The fraction of sp³-hybridized carbons (Fsp3) is 0.467. The van der Waals surface area contributed by atoms with Crippen molar-refractivity contribution in [1.29, 1.82) is 0 Å². The molecule has 0 aromatic heterocycles. The first-order chi connectivity index (χ1) is 9.11. The number of Topliss-reactive ketones (excluding diaryl/α,β-unsaturated/α-hetero) is 1. The number of amides is 1. The van der Waals surface area contributed by atoms with E-state index < -0.39 is 0 Å². The average Bonchev–Trinajstić information content (AvgIpc) is 2.46. The Labute approximate surface area is 125 Å². The van der Waals surface area contributed by atoms with Gasteiger partial charge in [0.15, 0.2) is 5.78 Å². The first kappa shape index (κ1) is 16.7. The van der Waals surface area contributed by atoms with Crippen LogP contribution in [0.15, 0.2) is 24.3 Å². The molecule has 0 radical (unpaired) electrons. The minimum absolute atomic E-state index is 0. The number of carbonyl (C=O) groups is 2. The van der Waals surface area contributed by atoms with Gasteiger partial charge in [0, 0.05) is 24.2 Å². The smallest absolute Gasteiger partial charge is 0.253 e. The summed E-state index contributed by atoms with van der Waals surface area (Å²) in [4.78, 5) is 25.3. The number of nitrogens with two attached hydrogens (primary N) is 1. The summed E-state index contributed by atoms with van der Waals surface area (Å²) in [5, 5.41) is 0. The number of halogens is 1. The summed E-state index contributed by atoms with van der Waals surface area (Å²) in [6, 6.07) is 6.88. The topological polar surface area (TPSA) is 63.4 Å². The van der Waals surface area contributed by atoms with Gasteiger partial charge in [-0.1, -0.05) is 12.1 Å². The molecular formula is C15H21ClN2O2. The van der Waals surface area contributed by atoms with Crippen LogP contribution >= 0.6 is 12.4 Å². The first-order valence-electron chi connectivity index (χ1n) is 6.72. The van der Waals surface area contributed by atoms with Gasteiger partial charge in [0.2, 0.25) is 0 Å². The predicted octanol–water partition coefficient (Wildman–Crippen LogP) is 2.12. The molecule has 1 amide bonds. The van der Waals surface area contributed by atoms with Gasteiger partial charge in [-0.2, -0.15) is 0 Å². The van der Waals surface area contributed by atoms with Gasteiger partial charge in [0.25, 0.3) is 5.91 Å². The highest BCUT2D eigenvalue weighted by atomic mass is 35.5. The standard InChI is InChI=1S/C15H20N2O2.ClH/c1-11(18)13-2-4-14(5-3-13)15(19)17-8-6-12(10-16)7-9-17;/h2-5,12H,6-10,16H2,1H3;1H. The zero-order valence-corrected chi connectivity index (χ0v) is 12.5. The lowest BCUT2D eigenvalue weighted by Crippen LogP contribution is -2.40. The van der Waals surface area contributed by atoms with Gasteiger partial charge >= 0.3 is 0 Å². The quantitative estimate of drug-likeness (QED) is 0.869. The van der Waals surface area contributed by atoms with Crippen molar-refractivity contribution in [2.75, 3.05) is 19.6 Å². The van der Waals surface area contributed by atoms with E-state index in [1.807, 2.05) is 4.90 Å². The van der Waals surface area contributed by atoms with Crippen LogP contribution in [-0.4, -0.2) is 36.2 Å². The molecule has 2 N–H and O–H groups in total. The van der Waals surface area contributed by atoms with E-state index in [-0.39, 0.29) is 24.1 Å². The van der Waals surface area contributed by atoms with Crippen LogP contribution in [0.5, 0.6) is 0 Å². The highest BCUT2D eigenvalue weighted by Gasteiger charge is 2.22. The second-order valence-electron chi connectivity index (χ2n) is 5.10. The number of hydrogen-bond acceptors (Lipinski definition) is 3. The maximum atomic E-state index is 12.3. The molecule has 0 aliphatic carbocycles. The Morgan fingerprint density at radius 1 is 1.15 bits per heavy atom. The van der Waals surface area contributed by atoms with E-state index in [1.165, 1.54) is 6.92 Å². The summed E-state index contributed by atoms with van der Waals surface area (Å²) < 4.78 is 0. The Hall–Kier alpha value is -1.39. The lowest BCUT2D eigenvalue weighted by molar-refractivity contribution is 0.0693. The van der Waals surface area contributed by atoms with Gasteiger partial charge in [0.1, 0.15) is 0 Å². The van der Waals surface area contributed by atoms with Crippen LogP contribution in [0.4, 0.5) is 0 Å². The minimum Gasteiger partial charge on any atom is -0.339 e. The molecule has 1 heterocycles. The molecule has 110 valence electrons. The van der Waals surface area contributed by atoms with Crippen molar-refractivity contribution in [3.63, 3.8) is 0 Å². The van der Waals surface area contributed by atoms with Gasteiger partial charge in [-0.3, -0.25) is 9.59 Å². The van der Waals surface area contributed by atoms with Crippen molar-refractivity contribution >= 4 is 24.1 Å². The molecule has 1 fully saturated rings. The molecule has 5 heteroatoms. The Balaban J connectivity index is 0.00000200. The van der Waals surface area contributed by atoms with Crippen molar-refractivity contribution in [2.24, 2.45) is 11.7 Å². The van der Waals surface area contributed by atoms with Crippen molar-refractivity contribution in [3.8, 4) is 0 Å². The Morgan fingerprint density at radius 2 is 1.65 bits per heavy atom. The molecule has 1 aromatic carbocycles. The second kappa shape index (κ2) is 7.41. The van der Waals surface area contributed by atoms with E-state index in [0.29, 0.717) is 23.6 Å². The zero-order chi connectivity index (χ0) is 13.8. The molecule has 1 aliphatic rings. The van der Waals surface area contributed by atoms with Crippen LogP contribution < -0.4 is 5.73 Å². The third-order valence-electron chi connectivity index (χ3n) is 3.77. The van der Waals surface area contributed by atoms with Gasteiger partial charge in [-0.05, 0) is 44.4 Å². The van der Waals surface area contributed by atoms with Crippen LogP contribution in [0.3, 0.4) is 0 Å². The normalized spacial score (nSPS) is 15.6. The van der Waals surface area contributed by atoms with E-state index in [1.54, 1.807) is 24.3 Å². The molecule has 1 saturated heterocycles. The molecule has 1 aromatic rings. The minimum atomic E-state index is 0. The third-order valence-corrected chi connectivity index (χ3v) is 3.77. The van der Waals surface area contributed by atoms with Crippen LogP contribution in [-0.2, 0) is 0 Å². The number of nitrogens with zero attached hydrogens (tertiary/aromatic N) is 1. The number of rotatable bonds is 3. The summed E-state index contributed by atoms with van der Waals surface area (Å²) in [6.07, 6.45) is 1.96. The largest absolute Gasteiger partial charge is 0.339 e. The van der Waals surface area contributed by atoms with Crippen molar-refractivity contribution < 1.29 is 9.59 Å². The number of likely N-dealkylation sites (tertiary alicyclic amines) is 1. The predicted molar refractivity (Wildman–Crippen MR) is 81.4 cm³/mol. The Morgan fingerprint density at radius 3 is 2.10 bits per heavy atom. The Bertz CT molecular complexity index is 465. The summed E-state index contributed by atoms with van der Waals surface area (Å²) in [5.74, 6) is 0.609. The van der Waals surface area contributed by atoms with Gasteiger partial charge < -0.3 is 10.6 Å². The SMILES string of the molecule is CC(=O)c1ccc(C(=O)N2CCC(CN)CC2)cc1.Cl. The summed E-state index contributed by atoms with van der Waals surface area (Å²) in [6.45, 7) is 3.77. The molecule has 4 nitrogen and oxygen atoms in total. The lowest BCUT2D eigenvalue weighted by atomic mass is 9.96. The monoisotopic (exact) mass is 296 g/mol. The van der Waals surface area contributed by atoms with Crippen molar-refractivity contribution in [1.82, 2.24) is 4.90 Å². The summed E-state index contributed by atoms with van der Waals surface area (Å²) in [5.41, 5.74) is 6.93. The average molecular weight is 297 g/mol. The fourth-order valence-corrected chi connectivity index (χ4v) is 2.40. The molecule has 0 spiro atoms. The van der Waals surface area contributed by atoms with E-state index in [2.05, 4.69) is 0 Å². The summed E-state index contributed by atoms with van der Waals surface area (Å²) >= 11 is 0. The number of piperidine rings is 1. The van der Waals surface area contributed by atoms with Gasteiger partial charge in [-0.25, -0.2) is 0 Å². The van der Waals surface area contributed by atoms with E-state index in [9.17, 15) is 9.59 Å². The highest BCUT2D eigenvalue weighted by Crippen LogP contribution is 2.18. The van der Waals surface area contributed by atoms with Crippen LogP contribution in [0, 0.1) is 5.92 Å². The molecular weight excluding hydrogens is 276 g/mol. The number of benzene rings is 1. The molecule has 0 bridgehead atoms. The molecule has 2 rings (SSSR count). The van der Waals surface area contributed by atoms with Gasteiger partial charge in [-0.15, -0.1) is 12.4 Å². The zero-order valence-electron chi connectivity index (χ0n) is 11.7. The van der Waals surface area contributed by atoms with E-state index in [0.717, 1.165) is 25.9 Å². The highest BCUT2D eigenvalue weighted by molar-refractivity contribution is 5.97. The summed E-state index contributed by atoms with van der Waals surface area (Å²) in [7, 11) is 0. The molecule has 0 unspecified atom stereocenters. The van der Waals surface area contributed by atoms with Gasteiger partial charge in [0.05, 0.1) is 0 Å². The van der Waals surface area contributed by atoms with E-state index in [4.69, 9.17) is 5.73 Å². The molecule has 20 heavy (non-hydrogen) atoms. The van der Waals surface area contributed by atoms with Crippen molar-refractivity contribution in [3.05, 3.63) is 35.4 Å². The maximum absolute atomic E-state index is 12.3. The van der Waals surface area contributed by atoms with Crippen LogP contribution in [0.1, 0.15) is 40.5 Å². The number of ketones is 1.